The zero-order chi connectivity index (χ0) is 12.3. The van der Waals surface area contributed by atoms with Crippen molar-refractivity contribution in [2.75, 3.05) is 0 Å². The first kappa shape index (κ1) is 11.4. The number of hydrogen-bond donors (Lipinski definition) is 1. The molecule has 2 rings (SSSR count). The van der Waals surface area contributed by atoms with E-state index in [9.17, 15) is 13.9 Å². The average Bonchev–Trinajstić information content (AvgIpc) is 2.32. The van der Waals surface area contributed by atoms with Gasteiger partial charge in [0.2, 0.25) is 0 Å². The molecule has 0 saturated carbocycles. The third-order valence-electron chi connectivity index (χ3n) is 2.24. The zero-order valence-corrected chi connectivity index (χ0v) is 8.86. The van der Waals surface area contributed by atoms with Crippen molar-refractivity contribution in [3.63, 3.8) is 0 Å². The standard InChI is InChI=1S/C13H10F2O2/c14-10-6-5-9(7-11(10)15)8-17-13-4-2-1-3-12(13)16/h1-7,16H,8H2. The van der Waals surface area contributed by atoms with Gasteiger partial charge in [0, 0.05) is 0 Å². The van der Waals surface area contributed by atoms with Crippen LogP contribution in [0.5, 0.6) is 11.5 Å². The molecule has 4 heteroatoms. The van der Waals surface area contributed by atoms with Crippen molar-refractivity contribution in [3.05, 3.63) is 59.7 Å². The fraction of sp³-hybridized carbons (Fsp3) is 0.0769. The van der Waals surface area contributed by atoms with Crippen molar-refractivity contribution in [2.24, 2.45) is 0 Å². The molecule has 0 spiro atoms. The highest BCUT2D eigenvalue weighted by Crippen LogP contribution is 2.25. The van der Waals surface area contributed by atoms with Gasteiger partial charge in [0.05, 0.1) is 0 Å². The summed E-state index contributed by atoms with van der Waals surface area (Å²) in [7, 11) is 0. The summed E-state index contributed by atoms with van der Waals surface area (Å²) in [6, 6.07) is 9.99. The van der Waals surface area contributed by atoms with Crippen molar-refractivity contribution >= 4 is 0 Å². The Morgan fingerprint density at radius 3 is 2.47 bits per heavy atom. The van der Waals surface area contributed by atoms with E-state index in [4.69, 9.17) is 4.74 Å². The molecule has 2 aromatic carbocycles. The summed E-state index contributed by atoms with van der Waals surface area (Å²) < 4.78 is 30.9. The summed E-state index contributed by atoms with van der Waals surface area (Å²) in [5, 5.41) is 9.43. The van der Waals surface area contributed by atoms with Crippen molar-refractivity contribution in [1.82, 2.24) is 0 Å². The lowest BCUT2D eigenvalue weighted by atomic mass is 10.2. The van der Waals surface area contributed by atoms with Gasteiger partial charge in [-0.05, 0) is 29.8 Å². The number of ether oxygens (including phenoxy) is 1. The van der Waals surface area contributed by atoms with Crippen molar-refractivity contribution in [1.29, 1.82) is 0 Å². The van der Waals surface area contributed by atoms with Gasteiger partial charge < -0.3 is 9.84 Å². The largest absolute Gasteiger partial charge is 0.504 e. The third kappa shape index (κ3) is 2.72. The number of benzene rings is 2. The molecule has 88 valence electrons. The molecule has 1 N–H and O–H groups in total. The van der Waals surface area contributed by atoms with Crippen LogP contribution in [-0.2, 0) is 6.61 Å². The molecule has 0 saturated heterocycles. The Bertz CT molecular complexity index is 527. The van der Waals surface area contributed by atoms with Crippen LogP contribution in [0.1, 0.15) is 5.56 Å². The molecule has 0 bridgehead atoms. The van der Waals surface area contributed by atoms with E-state index in [2.05, 4.69) is 0 Å². The molecule has 0 aromatic heterocycles. The Labute approximate surface area is 97.1 Å². The fourth-order valence-electron chi connectivity index (χ4n) is 1.37. The number of hydrogen-bond acceptors (Lipinski definition) is 2. The molecule has 0 unspecified atom stereocenters. The molecule has 0 fully saturated rings. The van der Waals surface area contributed by atoms with Gasteiger partial charge in [-0.25, -0.2) is 8.78 Å². The number of phenols is 1. The van der Waals surface area contributed by atoms with Gasteiger partial charge in [-0.2, -0.15) is 0 Å². The number of para-hydroxylation sites is 2. The molecule has 0 atom stereocenters. The van der Waals surface area contributed by atoms with E-state index in [0.29, 0.717) is 11.3 Å². The quantitative estimate of drug-likeness (QED) is 0.886. The van der Waals surface area contributed by atoms with Crippen molar-refractivity contribution in [2.45, 2.75) is 6.61 Å². The van der Waals surface area contributed by atoms with Gasteiger partial charge in [-0.15, -0.1) is 0 Å². The Morgan fingerprint density at radius 1 is 1.00 bits per heavy atom. The number of phenolic OH excluding ortho intramolecular Hbond substituents is 1. The van der Waals surface area contributed by atoms with Crippen LogP contribution in [0.15, 0.2) is 42.5 Å². The average molecular weight is 236 g/mol. The molecule has 17 heavy (non-hydrogen) atoms. The van der Waals surface area contributed by atoms with Crippen LogP contribution in [0.4, 0.5) is 8.78 Å². The Kier molecular flexibility index (Phi) is 3.23. The molecule has 0 heterocycles. The van der Waals surface area contributed by atoms with Gasteiger partial charge in [-0.3, -0.25) is 0 Å². The second kappa shape index (κ2) is 4.82. The summed E-state index contributed by atoms with van der Waals surface area (Å²) in [4.78, 5) is 0. The molecule has 0 aliphatic heterocycles. The molecular formula is C13H10F2O2. The lowest BCUT2D eigenvalue weighted by molar-refractivity contribution is 0.288. The summed E-state index contributed by atoms with van der Waals surface area (Å²) in [6.07, 6.45) is 0. The lowest BCUT2D eigenvalue weighted by Crippen LogP contribution is -1.97. The first-order valence-electron chi connectivity index (χ1n) is 5.01. The fourth-order valence-corrected chi connectivity index (χ4v) is 1.37. The molecule has 0 radical (unpaired) electrons. The lowest BCUT2D eigenvalue weighted by Gasteiger charge is -2.07. The van der Waals surface area contributed by atoms with Gasteiger partial charge in [0.1, 0.15) is 6.61 Å². The van der Waals surface area contributed by atoms with E-state index in [1.807, 2.05) is 0 Å². The van der Waals surface area contributed by atoms with E-state index in [-0.39, 0.29) is 12.4 Å². The second-order valence-corrected chi connectivity index (χ2v) is 3.50. The molecule has 0 amide bonds. The highest BCUT2D eigenvalue weighted by molar-refractivity contribution is 5.38. The maximum absolute atomic E-state index is 12.9. The highest BCUT2D eigenvalue weighted by Gasteiger charge is 2.04. The molecule has 2 nitrogen and oxygen atoms in total. The van der Waals surface area contributed by atoms with E-state index >= 15 is 0 Å². The predicted molar refractivity (Wildman–Crippen MR) is 58.8 cm³/mol. The van der Waals surface area contributed by atoms with Crippen LogP contribution in [0.25, 0.3) is 0 Å². The number of aromatic hydroxyl groups is 1. The highest BCUT2D eigenvalue weighted by atomic mass is 19.2. The van der Waals surface area contributed by atoms with Crippen molar-refractivity contribution in [3.8, 4) is 11.5 Å². The number of halogens is 2. The minimum absolute atomic E-state index is 0.00934. The molecule has 0 aliphatic carbocycles. The monoisotopic (exact) mass is 236 g/mol. The molecule has 2 aromatic rings. The summed E-state index contributed by atoms with van der Waals surface area (Å²) in [5.41, 5.74) is 0.493. The van der Waals surface area contributed by atoms with E-state index in [1.165, 1.54) is 12.1 Å². The third-order valence-corrected chi connectivity index (χ3v) is 2.24. The Morgan fingerprint density at radius 2 is 1.76 bits per heavy atom. The maximum atomic E-state index is 12.9. The minimum Gasteiger partial charge on any atom is -0.504 e. The first-order chi connectivity index (χ1) is 8.16. The van der Waals surface area contributed by atoms with Crippen LogP contribution >= 0.6 is 0 Å². The zero-order valence-electron chi connectivity index (χ0n) is 8.86. The van der Waals surface area contributed by atoms with Crippen LogP contribution in [0.2, 0.25) is 0 Å². The topological polar surface area (TPSA) is 29.5 Å². The van der Waals surface area contributed by atoms with Gasteiger partial charge in [0.25, 0.3) is 0 Å². The summed E-state index contributed by atoms with van der Waals surface area (Å²) in [5.74, 6) is -1.49. The second-order valence-electron chi connectivity index (χ2n) is 3.50. The van der Waals surface area contributed by atoms with E-state index in [1.54, 1.807) is 18.2 Å². The van der Waals surface area contributed by atoms with Crippen molar-refractivity contribution < 1.29 is 18.6 Å². The number of rotatable bonds is 3. The maximum Gasteiger partial charge on any atom is 0.161 e. The van der Waals surface area contributed by atoms with Crippen LogP contribution in [-0.4, -0.2) is 5.11 Å². The van der Waals surface area contributed by atoms with Gasteiger partial charge in [0.15, 0.2) is 23.1 Å². The SMILES string of the molecule is Oc1ccccc1OCc1ccc(F)c(F)c1. The summed E-state index contributed by atoms with van der Waals surface area (Å²) >= 11 is 0. The van der Waals surface area contributed by atoms with Gasteiger partial charge >= 0.3 is 0 Å². The van der Waals surface area contributed by atoms with E-state index < -0.39 is 11.6 Å². The normalized spacial score (nSPS) is 10.2. The van der Waals surface area contributed by atoms with Gasteiger partial charge in [-0.1, -0.05) is 18.2 Å². The van der Waals surface area contributed by atoms with Crippen LogP contribution < -0.4 is 4.74 Å². The minimum atomic E-state index is -0.914. The van der Waals surface area contributed by atoms with E-state index in [0.717, 1.165) is 12.1 Å². The smallest absolute Gasteiger partial charge is 0.161 e. The Balaban J connectivity index is 2.08. The van der Waals surface area contributed by atoms with Crippen LogP contribution in [0, 0.1) is 11.6 Å². The first-order valence-corrected chi connectivity index (χ1v) is 5.01. The molecule has 0 aliphatic rings. The van der Waals surface area contributed by atoms with Crippen LogP contribution in [0.3, 0.4) is 0 Å². The predicted octanol–water partition coefficient (Wildman–Crippen LogP) is 3.25. The molecular weight excluding hydrogens is 226 g/mol. The summed E-state index contributed by atoms with van der Waals surface area (Å²) in [6.45, 7) is 0.0643. The Hall–Kier alpha value is -2.10.